The molecule has 1 fully saturated rings. The number of hydrogen-bond acceptors (Lipinski definition) is 3. The van der Waals surface area contributed by atoms with E-state index >= 15 is 0 Å². The van der Waals surface area contributed by atoms with E-state index in [0.717, 1.165) is 36.5 Å². The number of fused-ring (bicyclic) bond motifs is 1. The third-order valence-electron chi connectivity index (χ3n) is 3.26. The normalized spacial score (nSPS) is 20.9. The number of benzene rings is 1. The number of nitrogens with zero attached hydrogens (tertiary/aromatic N) is 1. The van der Waals surface area contributed by atoms with Crippen molar-refractivity contribution in [1.29, 1.82) is 0 Å². The summed E-state index contributed by atoms with van der Waals surface area (Å²) >= 11 is 5.93. The van der Waals surface area contributed by atoms with Crippen LogP contribution < -0.4 is 5.32 Å². The summed E-state index contributed by atoms with van der Waals surface area (Å²) in [6.45, 7) is 2.21. The molecule has 3 nitrogen and oxygen atoms in total. The van der Waals surface area contributed by atoms with E-state index in [1.165, 1.54) is 12.8 Å². The second-order valence-corrected chi connectivity index (χ2v) is 5.07. The van der Waals surface area contributed by atoms with Crippen molar-refractivity contribution in [3.05, 3.63) is 29.1 Å². The Balaban J connectivity index is 1.80. The van der Waals surface area contributed by atoms with Gasteiger partial charge in [-0.15, -0.1) is 0 Å². The van der Waals surface area contributed by atoms with Crippen molar-refractivity contribution in [2.45, 2.75) is 19.3 Å². The fourth-order valence-electron chi connectivity index (χ4n) is 2.38. The van der Waals surface area contributed by atoms with Gasteiger partial charge in [0.1, 0.15) is 5.52 Å². The summed E-state index contributed by atoms with van der Waals surface area (Å²) in [6, 6.07) is 5.57. The minimum absolute atomic E-state index is 0.646. The summed E-state index contributed by atoms with van der Waals surface area (Å²) in [5.74, 6) is 1.48. The molecule has 0 aliphatic carbocycles. The lowest BCUT2D eigenvalue weighted by Gasteiger charge is -2.21. The molecule has 17 heavy (non-hydrogen) atoms. The quantitative estimate of drug-likeness (QED) is 0.890. The Morgan fingerprint density at radius 3 is 3.24 bits per heavy atom. The molecule has 0 radical (unpaired) electrons. The molecule has 1 atom stereocenters. The molecule has 2 heterocycles. The van der Waals surface area contributed by atoms with Crippen molar-refractivity contribution in [3.63, 3.8) is 0 Å². The second kappa shape index (κ2) is 4.67. The molecule has 1 aliphatic rings. The number of aromatic nitrogens is 1. The number of hydrogen-bond donors (Lipinski definition) is 1. The van der Waals surface area contributed by atoms with Gasteiger partial charge in [0.05, 0.1) is 0 Å². The highest BCUT2D eigenvalue weighted by atomic mass is 35.5. The molecule has 0 spiro atoms. The van der Waals surface area contributed by atoms with Crippen LogP contribution in [0.5, 0.6) is 0 Å². The first-order valence-corrected chi connectivity index (χ1v) is 6.45. The molecule has 0 bridgehead atoms. The topological polar surface area (TPSA) is 38.1 Å². The lowest BCUT2D eigenvalue weighted by atomic mass is 9.96. The summed E-state index contributed by atoms with van der Waals surface area (Å²) in [6.07, 6.45) is 3.42. The Morgan fingerprint density at radius 2 is 2.41 bits per heavy atom. The number of rotatable bonds is 2. The molecule has 0 amide bonds. The van der Waals surface area contributed by atoms with Gasteiger partial charge in [-0.25, -0.2) is 4.98 Å². The van der Waals surface area contributed by atoms with Crippen LogP contribution in [0.3, 0.4) is 0 Å². The Kier molecular flexibility index (Phi) is 3.04. The van der Waals surface area contributed by atoms with Crippen LogP contribution in [0.1, 0.15) is 18.7 Å². The number of oxazole rings is 1. The van der Waals surface area contributed by atoms with E-state index in [1.54, 1.807) is 0 Å². The molecule has 1 aromatic carbocycles. The van der Waals surface area contributed by atoms with Crippen molar-refractivity contribution in [2.75, 3.05) is 13.1 Å². The Labute approximate surface area is 105 Å². The molecule has 1 unspecified atom stereocenters. The van der Waals surface area contributed by atoms with Crippen LogP contribution in [0.15, 0.2) is 22.6 Å². The van der Waals surface area contributed by atoms with E-state index in [4.69, 9.17) is 16.0 Å². The fraction of sp³-hybridized carbons (Fsp3) is 0.462. The van der Waals surface area contributed by atoms with Crippen molar-refractivity contribution in [1.82, 2.24) is 10.3 Å². The fourth-order valence-corrected chi connectivity index (χ4v) is 2.55. The van der Waals surface area contributed by atoms with Crippen LogP contribution in [-0.4, -0.2) is 18.1 Å². The van der Waals surface area contributed by atoms with Crippen molar-refractivity contribution < 1.29 is 4.42 Å². The van der Waals surface area contributed by atoms with Crippen LogP contribution in [0.2, 0.25) is 5.02 Å². The van der Waals surface area contributed by atoms with Crippen molar-refractivity contribution in [2.24, 2.45) is 5.92 Å². The maximum absolute atomic E-state index is 5.93. The molecule has 0 saturated carbocycles. The summed E-state index contributed by atoms with van der Waals surface area (Å²) < 4.78 is 5.73. The largest absolute Gasteiger partial charge is 0.441 e. The standard InChI is InChI=1S/C13H15ClN2O/c14-10-3-4-12-11(7-10)16-13(17-12)6-9-2-1-5-15-8-9/h3-4,7,9,15H,1-2,5-6,8H2. The van der Waals surface area contributed by atoms with Crippen molar-refractivity contribution in [3.8, 4) is 0 Å². The molecule has 1 aliphatic heterocycles. The van der Waals surface area contributed by atoms with Gasteiger partial charge in [-0.2, -0.15) is 0 Å². The Bertz CT molecular complexity index is 517. The maximum Gasteiger partial charge on any atom is 0.195 e. The van der Waals surface area contributed by atoms with Gasteiger partial charge >= 0.3 is 0 Å². The summed E-state index contributed by atoms with van der Waals surface area (Å²) in [7, 11) is 0. The van der Waals surface area contributed by atoms with Crippen LogP contribution in [0.25, 0.3) is 11.1 Å². The smallest absolute Gasteiger partial charge is 0.195 e. The first-order valence-electron chi connectivity index (χ1n) is 6.07. The molecule has 1 N–H and O–H groups in total. The van der Waals surface area contributed by atoms with Gasteiger partial charge in [0.15, 0.2) is 11.5 Å². The van der Waals surface area contributed by atoms with E-state index in [0.29, 0.717) is 10.9 Å². The lowest BCUT2D eigenvalue weighted by Crippen LogP contribution is -2.30. The summed E-state index contributed by atoms with van der Waals surface area (Å²) in [5.41, 5.74) is 1.68. The van der Waals surface area contributed by atoms with Gasteiger partial charge in [0, 0.05) is 11.4 Å². The third-order valence-corrected chi connectivity index (χ3v) is 3.49. The van der Waals surface area contributed by atoms with Gasteiger partial charge in [0.2, 0.25) is 0 Å². The molecule has 1 aromatic heterocycles. The summed E-state index contributed by atoms with van der Waals surface area (Å²) in [5, 5.41) is 4.11. The molecule has 90 valence electrons. The molecule has 3 rings (SSSR count). The molecule has 2 aromatic rings. The predicted molar refractivity (Wildman–Crippen MR) is 68.3 cm³/mol. The minimum atomic E-state index is 0.646. The van der Waals surface area contributed by atoms with E-state index in [1.807, 2.05) is 18.2 Å². The number of piperidine rings is 1. The van der Waals surface area contributed by atoms with Gasteiger partial charge in [0.25, 0.3) is 0 Å². The minimum Gasteiger partial charge on any atom is -0.441 e. The first-order chi connectivity index (χ1) is 8.31. The monoisotopic (exact) mass is 250 g/mol. The highest BCUT2D eigenvalue weighted by molar-refractivity contribution is 6.31. The van der Waals surface area contributed by atoms with Crippen molar-refractivity contribution >= 4 is 22.7 Å². The van der Waals surface area contributed by atoms with Gasteiger partial charge in [-0.3, -0.25) is 0 Å². The summed E-state index contributed by atoms with van der Waals surface area (Å²) in [4.78, 5) is 4.49. The molecule has 4 heteroatoms. The second-order valence-electron chi connectivity index (χ2n) is 4.64. The lowest BCUT2D eigenvalue weighted by molar-refractivity contribution is 0.349. The Hall–Kier alpha value is -1.06. The first kappa shape index (κ1) is 11.1. The highest BCUT2D eigenvalue weighted by Crippen LogP contribution is 2.22. The van der Waals surface area contributed by atoms with Gasteiger partial charge in [-0.1, -0.05) is 11.6 Å². The van der Waals surface area contributed by atoms with E-state index in [-0.39, 0.29) is 0 Å². The molecular formula is C13H15ClN2O. The van der Waals surface area contributed by atoms with Crippen LogP contribution in [0.4, 0.5) is 0 Å². The van der Waals surface area contributed by atoms with Crippen LogP contribution in [0, 0.1) is 5.92 Å². The van der Waals surface area contributed by atoms with Crippen LogP contribution in [-0.2, 0) is 6.42 Å². The zero-order chi connectivity index (χ0) is 11.7. The van der Waals surface area contributed by atoms with Gasteiger partial charge in [-0.05, 0) is 50.0 Å². The average Bonchev–Trinajstić information content (AvgIpc) is 2.71. The zero-order valence-electron chi connectivity index (χ0n) is 9.58. The van der Waals surface area contributed by atoms with E-state index < -0.39 is 0 Å². The predicted octanol–water partition coefficient (Wildman–Crippen LogP) is 3.02. The van der Waals surface area contributed by atoms with E-state index in [9.17, 15) is 0 Å². The average molecular weight is 251 g/mol. The zero-order valence-corrected chi connectivity index (χ0v) is 10.3. The van der Waals surface area contributed by atoms with Gasteiger partial charge < -0.3 is 9.73 Å². The Morgan fingerprint density at radius 1 is 1.47 bits per heavy atom. The van der Waals surface area contributed by atoms with Crippen LogP contribution >= 0.6 is 11.6 Å². The van der Waals surface area contributed by atoms with E-state index in [2.05, 4.69) is 10.3 Å². The highest BCUT2D eigenvalue weighted by Gasteiger charge is 2.16. The number of halogens is 1. The number of nitrogens with one attached hydrogen (secondary N) is 1. The molecular weight excluding hydrogens is 236 g/mol. The maximum atomic E-state index is 5.93. The SMILES string of the molecule is Clc1ccc2oc(CC3CCCNC3)nc2c1. The molecule has 1 saturated heterocycles. The third kappa shape index (κ3) is 2.45.